The van der Waals surface area contributed by atoms with Crippen molar-refractivity contribution in [2.45, 2.75) is 32.2 Å². The van der Waals surface area contributed by atoms with Crippen LogP contribution in [-0.4, -0.2) is 29.6 Å². The lowest BCUT2D eigenvalue weighted by molar-refractivity contribution is -0.111. The lowest BCUT2D eigenvalue weighted by Crippen LogP contribution is -2.45. The van der Waals surface area contributed by atoms with Crippen LogP contribution in [0.1, 0.15) is 42.5 Å². The molecule has 3 aromatic carbocycles. The molecule has 0 amide bonds. The summed E-state index contributed by atoms with van der Waals surface area (Å²) in [6.07, 6.45) is 2.87. The van der Waals surface area contributed by atoms with Crippen molar-refractivity contribution in [2.75, 3.05) is 12.1 Å². The van der Waals surface area contributed by atoms with Crippen LogP contribution in [0.25, 0.3) is 5.70 Å². The first kappa shape index (κ1) is 22.6. The monoisotopic (exact) mass is 496 g/mol. The Bertz CT molecular complexity index is 1440. The van der Waals surface area contributed by atoms with Crippen molar-refractivity contribution < 1.29 is 9.53 Å². The SMILES string of the molecule is COc1ccc(C2C3=C(N=C4N(c5ccc(Cl)cc5)N=C(C(C)=O)N42)c2ccccc2CCC3)cc1. The van der Waals surface area contributed by atoms with Crippen molar-refractivity contribution >= 4 is 40.6 Å². The van der Waals surface area contributed by atoms with Gasteiger partial charge in [-0.3, -0.25) is 9.69 Å². The Kier molecular flexibility index (Phi) is 5.61. The third-order valence-electron chi connectivity index (χ3n) is 6.91. The van der Waals surface area contributed by atoms with Gasteiger partial charge in [-0.2, -0.15) is 5.01 Å². The number of aryl methyl sites for hydroxylation is 1. The summed E-state index contributed by atoms with van der Waals surface area (Å²) in [7, 11) is 1.66. The number of carbonyl (C=O) groups is 1. The maximum absolute atomic E-state index is 12.9. The van der Waals surface area contributed by atoms with Crippen molar-refractivity contribution in [1.82, 2.24) is 4.90 Å². The van der Waals surface area contributed by atoms with Crippen molar-refractivity contribution in [1.29, 1.82) is 0 Å². The molecule has 1 aliphatic carbocycles. The first-order valence-corrected chi connectivity index (χ1v) is 12.4. The van der Waals surface area contributed by atoms with Crippen LogP contribution in [-0.2, 0) is 11.2 Å². The Labute approximate surface area is 215 Å². The van der Waals surface area contributed by atoms with Crippen molar-refractivity contribution in [2.24, 2.45) is 10.1 Å². The molecular formula is C29H25ClN4O2. The lowest BCUT2D eigenvalue weighted by atomic mass is 9.90. The molecule has 36 heavy (non-hydrogen) atoms. The molecule has 1 unspecified atom stereocenters. The number of nitrogens with zero attached hydrogens (tertiary/aromatic N) is 4. The van der Waals surface area contributed by atoms with E-state index >= 15 is 0 Å². The Morgan fingerprint density at radius 2 is 1.75 bits per heavy atom. The molecule has 180 valence electrons. The molecule has 3 aromatic rings. The Hall–Kier alpha value is -3.90. The predicted molar refractivity (Wildman–Crippen MR) is 143 cm³/mol. The van der Waals surface area contributed by atoms with Gasteiger partial charge in [0.2, 0.25) is 5.96 Å². The number of Topliss-reactive ketones (excluding diaryl/α,β-unsaturated/α-hetero) is 1. The average molecular weight is 497 g/mol. The number of ketones is 1. The molecule has 0 aromatic heterocycles. The summed E-state index contributed by atoms with van der Waals surface area (Å²) >= 11 is 6.16. The van der Waals surface area contributed by atoms with Gasteiger partial charge in [0, 0.05) is 17.5 Å². The van der Waals surface area contributed by atoms with Crippen molar-refractivity contribution in [3.8, 4) is 5.75 Å². The van der Waals surface area contributed by atoms with E-state index in [2.05, 4.69) is 36.4 Å². The number of hydrazone groups is 1. The zero-order valence-electron chi connectivity index (χ0n) is 20.1. The number of methoxy groups -OCH3 is 1. The minimum absolute atomic E-state index is 0.115. The molecule has 7 heteroatoms. The molecule has 0 saturated carbocycles. The smallest absolute Gasteiger partial charge is 0.234 e. The summed E-state index contributed by atoms with van der Waals surface area (Å²) in [6.45, 7) is 1.55. The highest BCUT2D eigenvalue weighted by molar-refractivity contribution is 6.43. The van der Waals surface area contributed by atoms with Gasteiger partial charge in [-0.25, -0.2) is 4.99 Å². The summed E-state index contributed by atoms with van der Waals surface area (Å²) < 4.78 is 5.41. The van der Waals surface area contributed by atoms with Crippen LogP contribution in [0.15, 0.2) is 88.5 Å². The molecule has 0 N–H and O–H groups in total. The van der Waals surface area contributed by atoms with Crippen molar-refractivity contribution in [3.05, 3.63) is 100 Å². The number of hydrogen-bond donors (Lipinski definition) is 0. The second-order valence-electron chi connectivity index (χ2n) is 9.11. The fourth-order valence-corrected chi connectivity index (χ4v) is 5.37. The van der Waals surface area contributed by atoms with E-state index in [4.69, 9.17) is 26.4 Å². The first-order chi connectivity index (χ1) is 17.5. The third-order valence-corrected chi connectivity index (χ3v) is 7.17. The van der Waals surface area contributed by atoms with Gasteiger partial charge in [0.1, 0.15) is 5.75 Å². The van der Waals surface area contributed by atoms with Crippen LogP contribution in [0.4, 0.5) is 5.69 Å². The highest BCUT2D eigenvalue weighted by Crippen LogP contribution is 2.46. The molecule has 2 aliphatic heterocycles. The Balaban J connectivity index is 1.59. The maximum atomic E-state index is 12.9. The molecule has 6 nitrogen and oxygen atoms in total. The zero-order valence-corrected chi connectivity index (χ0v) is 20.9. The van der Waals surface area contributed by atoms with Crippen molar-refractivity contribution in [3.63, 3.8) is 0 Å². The zero-order chi connectivity index (χ0) is 24.8. The summed E-state index contributed by atoms with van der Waals surface area (Å²) in [5.41, 5.74) is 6.44. The van der Waals surface area contributed by atoms with E-state index in [9.17, 15) is 4.79 Å². The van der Waals surface area contributed by atoms with Crippen LogP contribution < -0.4 is 9.75 Å². The van der Waals surface area contributed by atoms with E-state index in [-0.39, 0.29) is 11.8 Å². The van der Waals surface area contributed by atoms with Gasteiger partial charge in [-0.05, 0) is 72.4 Å². The van der Waals surface area contributed by atoms with Crippen LogP contribution in [0.5, 0.6) is 5.75 Å². The van der Waals surface area contributed by atoms with E-state index in [1.54, 1.807) is 19.0 Å². The van der Waals surface area contributed by atoms with Gasteiger partial charge in [-0.1, -0.05) is 48.0 Å². The number of halogens is 1. The average Bonchev–Trinajstić information content (AvgIpc) is 3.18. The summed E-state index contributed by atoms with van der Waals surface area (Å²) in [6, 6.07) is 23.7. The van der Waals surface area contributed by atoms with E-state index in [0.717, 1.165) is 47.5 Å². The van der Waals surface area contributed by atoms with Crippen LogP contribution in [0.2, 0.25) is 5.02 Å². The molecule has 1 atom stereocenters. The number of aliphatic imine (C=N–C) groups is 1. The second kappa shape index (κ2) is 8.95. The van der Waals surface area contributed by atoms with Gasteiger partial charge >= 0.3 is 0 Å². The number of ether oxygens (including phenoxy) is 1. The number of hydrogen-bond acceptors (Lipinski definition) is 6. The van der Waals surface area contributed by atoms with Gasteiger partial charge in [0.15, 0.2) is 11.6 Å². The number of benzene rings is 3. The lowest BCUT2D eigenvalue weighted by Gasteiger charge is -2.37. The number of amidine groups is 1. The minimum Gasteiger partial charge on any atom is -0.497 e. The summed E-state index contributed by atoms with van der Waals surface area (Å²) in [5, 5.41) is 7.16. The second-order valence-corrected chi connectivity index (χ2v) is 9.55. The van der Waals surface area contributed by atoms with Crippen LogP contribution in [0, 0.1) is 0 Å². The summed E-state index contributed by atoms with van der Waals surface area (Å²) in [5.74, 6) is 1.65. The topological polar surface area (TPSA) is 57.5 Å². The molecule has 0 saturated heterocycles. The molecule has 6 rings (SSSR count). The van der Waals surface area contributed by atoms with Gasteiger partial charge < -0.3 is 4.74 Å². The van der Waals surface area contributed by atoms with Gasteiger partial charge in [-0.15, -0.1) is 5.10 Å². The van der Waals surface area contributed by atoms with E-state index in [1.807, 2.05) is 41.3 Å². The third kappa shape index (κ3) is 3.69. The standard InChI is InChI=1S/C29H25ClN4O2/c1-18(35)28-32-34(22-14-12-21(30)13-15-22)29-31-26-24-8-4-3-6-19(24)7-5-9-25(26)27(33(28)29)20-10-16-23(36-2)17-11-20/h3-4,6,8,10-17,27H,5,7,9H2,1-2H3. The highest BCUT2D eigenvalue weighted by Gasteiger charge is 2.44. The van der Waals surface area contributed by atoms with Gasteiger partial charge in [0.05, 0.1) is 24.5 Å². The number of fused-ring (bicyclic) bond motifs is 3. The highest BCUT2D eigenvalue weighted by atomic mass is 35.5. The van der Waals surface area contributed by atoms with E-state index in [1.165, 1.54) is 11.1 Å². The number of anilines is 1. The first-order valence-electron chi connectivity index (χ1n) is 12.0. The molecule has 0 spiro atoms. The fraction of sp³-hybridized carbons (Fsp3) is 0.207. The molecule has 3 aliphatic rings. The van der Waals surface area contributed by atoms with Crippen LogP contribution >= 0.6 is 11.6 Å². The van der Waals surface area contributed by atoms with E-state index < -0.39 is 0 Å². The van der Waals surface area contributed by atoms with Crippen LogP contribution in [0.3, 0.4) is 0 Å². The number of guanidine groups is 1. The molecule has 0 fully saturated rings. The normalized spacial score (nSPS) is 18.6. The van der Waals surface area contributed by atoms with E-state index in [0.29, 0.717) is 16.8 Å². The predicted octanol–water partition coefficient (Wildman–Crippen LogP) is 6.23. The Morgan fingerprint density at radius 1 is 1.00 bits per heavy atom. The molecule has 0 radical (unpaired) electrons. The van der Waals surface area contributed by atoms with Gasteiger partial charge in [0.25, 0.3) is 0 Å². The fourth-order valence-electron chi connectivity index (χ4n) is 5.24. The largest absolute Gasteiger partial charge is 0.497 e. The molecular weight excluding hydrogens is 472 g/mol. The molecule has 0 bridgehead atoms. The molecule has 2 heterocycles. The maximum Gasteiger partial charge on any atom is 0.234 e. The quantitative estimate of drug-likeness (QED) is 0.429. The minimum atomic E-state index is -0.218. The Morgan fingerprint density at radius 3 is 2.47 bits per heavy atom. The number of carbonyl (C=O) groups excluding carboxylic acids is 1. The number of rotatable bonds is 4. The summed E-state index contributed by atoms with van der Waals surface area (Å²) in [4.78, 5) is 20.1.